The molecule has 1 aliphatic heterocycles. The molecule has 1 saturated heterocycles. The molecule has 2 N–H and O–H groups in total. The van der Waals surface area contributed by atoms with E-state index in [-0.39, 0.29) is 0 Å². The van der Waals surface area contributed by atoms with Gasteiger partial charge in [0.1, 0.15) is 0 Å². The highest BCUT2D eigenvalue weighted by molar-refractivity contribution is 4.92. The molecule has 47 valence electrons. The minimum atomic E-state index is 0.753. The van der Waals surface area contributed by atoms with Crippen LogP contribution in [0, 0.1) is 5.92 Å². The molecule has 0 saturated carbocycles. The lowest BCUT2D eigenvalue weighted by Gasteiger charge is -2.18. The van der Waals surface area contributed by atoms with E-state index in [1.54, 1.807) is 0 Å². The van der Waals surface area contributed by atoms with E-state index in [1.807, 2.05) is 0 Å². The second-order valence-corrected chi connectivity index (χ2v) is 2.07. The Morgan fingerprint density at radius 3 is 2.38 bits per heavy atom. The van der Waals surface area contributed by atoms with Gasteiger partial charge in [-0.05, 0) is 25.3 Å². The molecule has 2 heteroatoms. The largest absolute Gasteiger partial charge is 0.381 e. The van der Waals surface area contributed by atoms with Crippen molar-refractivity contribution in [2.75, 3.05) is 19.8 Å². The fourth-order valence-corrected chi connectivity index (χ4v) is 0.864. The standard InChI is InChI=1S/C6H12NO/c7-5-6-1-3-8-4-2-6/h1-5,7H2. The minimum absolute atomic E-state index is 0.753. The average Bonchev–Trinajstić information content (AvgIpc) is 1.90. The summed E-state index contributed by atoms with van der Waals surface area (Å²) in [7, 11) is 0. The topological polar surface area (TPSA) is 35.2 Å². The molecule has 1 rings (SSSR count). The highest BCUT2D eigenvalue weighted by Crippen LogP contribution is 2.14. The van der Waals surface area contributed by atoms with Crippen molar-refractivity contribution >= 4 is 0 Å². The van der Waals surface area contributed by atoms with E-state index in [9.17, 15) is 0 Å². The number of nitrogens with two attached hydrogens (primary N) is 1. The first-order valence-electron chi connectivity index (χ1n) is 3.05. The van der Waals surface area contributed by atoms with Gasteiger partial charge in [-0.15, -0.1) is 0 Å². The number of rotatable bonds is 1. The van der Waals surface area contributed by atoms with Gasteiger partial charge in [0.15, 0.2) is 0 Å². The second kappa shape index (κ2) is 3.05. The summed E-state index contributed by atoms with van der Waals surface area (Å²) in [5.74, 6) is 1.45. The highest BCUT2D eigenvalue weighted by Gasteiger charge is 2.10. The lowest BCUT2D eigenvalue weighted by Crippen LogP contribution is -2.20. The van der Waals surface area contributed by atoms with Gasteiger partial charge in [-0.1, -0.05) is 0 Å². The molecule has 0 aliphatic carbocycles. The zero-order chi connectivity index (χ0) is 5.82. The Hall–Kier alpha value is -0.0800. The molecule has 1 radical (unpaired) electrons. The van der Waals surface area contributed by atoms with Crippen LogP contribution in [-0.2, 0) is 4.74 Å². The van der Waals surface area contributed by atoms with Gasteiger partial charge in [-0.3, -0.25) is 0 Å². The quantitative estimate of drug-likeness (QED) is 0.533. The summed E-state index contributed by atoms with van der Waals surface area (Å²) in [4.78, 5) is 0. The maximum Gasteiger partial charge on any atom is 0.0472 e. The van der Waals surface area contributed by atoms with Crippen LogP contribution in [0.2, 0.25) is 0 Å². The molecule has 0 spiro atoms. The van der Waals surface area contributed by atoms with Crippen LogP contribution in [0.5, 0.6) is 0 Å². The Morgan fingerprint density at radius 2 is 2.00 bits per heavy atom. The van der Waals surface area contributed by atoms with Crippen LogP contribution in [0.3, 0.4) is 0 Å². The summed E-state index contributed by atoms with van der Waals surface area (Å²) < 4.78 is 5.13. The number of hydrogen-bond acceptors (Lipinski definition) is 2. The third kappa shape index (κ3) is 1.46. The Kier molecular flexibility index (Phi) is 2.30. The van der Waals surface area contributed by atoms with Crippen LogP contribution in [0.4, 0.5) is 0 Å². The van der Waals surface area contributed by atoms with E-state index in [2.05, 4.69) is 0 Å². The summed E-state index contributed by atoms with van der Waals surface area (Å²) >= 11 is 0. The molecule has 0 unspecified atom stereocenters. The maximum atomic E-state index is 5.41. The number of ether oxygens (including phenoxy) is 1. The third-order valence-electron chi connectivity index (χ3n) is 1.49. The van der Waals surface area contributed by atoms with Gasteiger partial charge >= 0.3 is 0 Å². The third-order valence-corrected chi connectivity index (χ3v) is 1.49. The fraction of sp³-hybridized carbons (Fsp3) is 0.833. The van der Waals surface area contributed by atoms with E-state index >= 15 is 0 Å². The van der Waals surface area contributed by atoms with Crippen molar-refractivity contribution in [2.45, 2.75) is 12.8 Å². The van der Waals surface area contributed by atoms with Crippen LogP contribution < -0.4 is 5.73 Å². The van der Waals surface area contributed by atoms with Crippen molar-refractivity contribution in [3.8, 4) is 0 Å². The zero-order valence-corrected chi connectivity index (χ0v) is 5.02. The predicted octanol–water partition coefficient (Wildman–Crippen LogP) is 0.330. The smallest absolute Gasteiger partial charge is 0.0472 e. The normalized spacial score (nSPS) is 23.6. The summed E-state index contributed by atoms with van der Waals surface area (Å²) in [6.45, 7) is 2.52. The van der Waals surface area contributed by atoms with Crippen LogP contribution in [0.15, 0.2) is 0 Å². The fourth-order valence-electron chi connectivity index (χ4n) is 0.864. The van der Waals surface area contributed by atoms with Crippen molar-refractivity contribution in [1.29, 1.82) is 0 Å². The van der Waals surface area contributed by atoms with E-state index in [0.29, 0.717) is 0 Å². The van der Waals surface area contributed by atoms with Crippen molar-refractivity contribution in [3.63, 3.8) is 0 Å². The molecule has 0 aromatic rings. The van der Waals surface area contributed by atoms with E-state index in [0.717, 1.165) is 32.6 Å². The molecule has 8 heavy (non-hydrogen) atoms. The highest BCUT2D eigenvalue weighted by atomic mass is 16.5. The molecule has 0 aromatic heterocycles. The first-order chi connectivity index (χ1) is 3.93. The Balaban J connectivity index is 2.13. The first-order valence-corrected chi connectivity index (χ1v) is 3.05. The van der Waals surface area contributed by atoms with Crippen molar-refractivity contribution in [3.05, 3.63) is 5.92 Å². The molecule has 0 atom stereocenters. The van der Waals surface area contributed by atoms with Crippen molar-refractivity contribution < 1.29 is 4.74 Å². The maximum absolute atomic E-state index is 5.41. The molecule has 1 aliphatic rings. The summed E-state index contributed by atoms with van der Waals surface area (Å²) in [6.07, 6.45) is 2.16. The van der Waals surface area contributed by atoms with Crippen LogP contribution in [0.1, 0.15) is 12.8 Å². The van der Waals surface area contributed by atoms with Crippen molar-refractivity contribution in [2.24, 2.45) is 5.73 Å². The molecule has 0 bridgehead atoms. The molecule has 1 heterocycles. The SMILES string of the molecule is NC[C]1CCOCC1. The van der Waals surface area contributed by atoms with Gasteiger partial charge in [0.2, 0.25) is 0 Å². The zero-order valence-electron chi connectivity index (χ0n) is 5.02. The summed E-state index contributed by atoms with van der Waals surface area (Å²) in [6, 6.07) is 0. The molecule has 1 fully saturated rings. The summed E-state index contributed by atoms with van der Waals surface area (Å²) in [5, 5.41) is 0. The monoisotopic (exact) mass is 114 g/mol. The molecule has 0 amide bonds. The molecule has 0 aromatic carbocycles. The summed E-state index contributed by atoms with van der Waals surface area (Å²) in [5.41, 5.74) is 5.41. The van der Waals surface area contributed by atoms with Gasteiger partial charge < -0.3 is 10.5 Å². The second-order valence-electron chi connectivity index (χ2n) is 2.07. The van der Waals surface area contributed by atoms with E-state index in [4.69, 9.17) is 10.5 Å². The Morgan fingerprint density at radius 1 is 1.38 bits per heavy atom. The Bertz CT molecular complexity index is 59.5. The molecule has 2 nitrogen and oxygen atoms in total. The van der Waals surface area contributed by atoms with E-state index in [1.165, 1.54) is 5.92 Å². The van der Waals surface area contributed by atoms with Gasteiger partial charge in [0.25, 0.3) is 0 Å². The van der Waals surface area contributed by atoms with Crippen molar-refractivity contribution in [1.82, 2.24) is 0 Å². The first kappa shape index (κ1) is 6.05. The minimum Gasteiger partial charge on any atom is -0.381 e. The van der Waals surface area contributed by atoms with Gasteiger partial charge in [-0.2, -0.15) is 0 Å². The number of hydrogen-bond donors (Lipinski definition) is 1. The average molecular weight is 114 g/mol. The van der Waals surface area contributed by atoms with Crippen LogP contribution in [0.25, 0.3) is 0 Å². The Labute approximate surface area is 50.0 Å². The lowest BCUT2D eigenvalue weighted by molar-refractivity contribution is 0.106. The van der Waals surface area contributed by atoms with Crippen LogP contribution >= 0.6 is 0 Å². The van der Waals surface area contributed by atoms with Gasteiger partial charge in [0.05, 0.1) is 0 Å². The lowest BCUT2D eigenvalue weighted by atomic mass is 10.0. The van der Waals surface area contributed by atoms with Gasteiger partial charge in [-0.25, -0.2) is 0 Å². The van der Waals surface area contributed by atoms with Gasteiger partial charge in [0, 0.05) is 13.2 Å². The molecular weight excluding hydrogens is 102 g/mol. The molecular formula is C6H12NO. The van der Waals surface area contributed by atoms with Crippen LogP contribution in [-0.4, -0.2) is 19.8 Å². The van der Waals surface area contributed by atoms with E-state index < -0.39 is 0 Å². The predicted molar refractivity (Wildman–Crippen MR) is 32.4 cm³/mol.